The number of amides is 1. The second-order valence-electron chi connectivity index (χ2n) is 5.26. The minimum atomic E-state index is -0.917. The zero-order chi connectivity index (χ0) is 14.6. The number of aliphatic carboxylic acids is 1. The molecule has 0 aliphatic heterocycles. The number of carbonyl (C=O) groups is 2. The summed E-state index contributed by atoms with van der Waals surface area (Å²) in [4.78, 5) is 24.3. The number of carboxylic acid groups (broad SMARTS) is 1. The van der Waals surface area contributed by atoms with Crippen molar-refractivity contribution >= 4 is 11.9 Å². The van der Waals surface area contributed by atoms with Gasteiger partial charge in [-0.3, -0.25) is 9.59 Å². The van der Waals surface area contributed by atoms with Crippen LogP contribution in [0.1, 0.15) is 37.9 Å². The van der Waals surface area contributed by atoms with Gasteiger partial charge in [0, 0.05) is 24.6 Å². The molecule has 6 heteroatoms. The van der Waals surface area contributed by atoms with Gasteiger partial charge in [-0.2, -0.15) is 0 Å². The summed E-state index contributed by atoms with van der Waals surface area (Å²) in [5.41, 5.74) is 0.977. The topological polar surface area (TPSA) is 83.6 Å². The van der Waals surface area contributed by atoms with Crippen LogP contribution in [0.3, 0.4) is 0 Å². The second-order valence-corrected chi connectivity index (χ2v) is 5.26. The summed E-state index contributed by atoms with van der Waals surface area (Å²) in [5, 5.41) is 12.6. The molecule has 0 saturated carbocycles. The molecule has 6 nitrogen and oxygen atoms in total. The molecule has 0 spiro atoms. The Morgan fingerprint density at radius 2 is 2.11 bits per heavy atom. The van der Waals surface area contributed by atoms with Gasteiger partial charge < -0.3 is 14.5 Å². The lowest BCUT2D eigenvalue weighted by Gasteiger charge is -2.34. The fraction of sp³-hybridized carbons (Fsp3) is 0.615. The minimum Gasteiger partial charge on any atom is -0.481 e. The van der Waals surface area contributed by atoms with E-state index in [1.807, 2.05) is 6.92 Å². The molecule has 0 aliphatic rings. The van der Waals surface area contributed by atoms with Crippen molar-refractivity contribution < 1.29 is 19.2 Å². The maximum Gasteiger partial charge on any atom is 0.305 e. The highest BCUT2D eigenvalue weighted by Gasteiger charge is 2.29. The molecule has 1 heterocycles. The van der Waals surface area contributed by atoms with E-state index in [2.05, 4.69) is 5.16 Å². The molecule has 1 N–H and O–H groups in total. The Labute approximate surface area is 112 Å². The number of rotatable bonds is 6. The Kier molecular flexibility index (Phi) is 4.69. The molecule has 0 fully saturated rings. The Morgan fingerprint density at radius 3 is 2.58 bits per heavy atom. The second kappa shape index (κ2) is 5.86. The lowest BCUT2D eigenvalue weighted by Crippen LogP contribution is -2.46. The van der Waals surface area contributed by atoms with Crippen molar-refractivity contribution in [3.05, 3.63) is 17.5 Å². The number of hydrogen-bond donors (Lipinski definition) is 1. The predicted molar refractivity (Wildman–Crippen MR) is 68.7 cm³/mol. The number of nitrogens with zero attached hydrogens (tertiary/aromatic N) is 2. The van der Waals surface area contributed by atoms with Gasteiger partial charge >= 0.3 is 5.97 Å². The predicted octanol–water partition coefficient (Wildman–Crippen LogP) is 1.63. The number of aryl methyl sites for hydroxylation is 2. The Hall–Kier alpha value is -1.85. The molecule has 1 amide bonds. The van der Waals surface area contributed by atoms with E-state index in [9.17, 15) is 9.59 Å². The maximum atomic E-state index is 12.1. The third-order valence-corrected chi connectivity index (χ3v) is 3.32. The van der Waals surface area contributed by atoms with E-state index in [4.69, 9.17) is 9.63 Å². The first-order valence-corrected chi connectivity index (χ1v) is 6.12. The monoisotopic (exact) mass is 268 g/mol. The SMILES string of the molecule is Cc1nocc1CCC(=O)N(C)C(C)(C)CC(=O)O. The van der Waals surface area contributed by atoms with Gasteiger partial charge in [0.15, 0.2) is 0 Å². The highest BCUT2D eigenvalue weighted by Crippen LogP contribution is 2.19. The molecule has 106 valence electrons. The van der Waals surface area contributed by atoms with E-state index in [1.165, 1.54) is 11.2 Å². The van der Waals surface area contributed by atoms with E-state index >= 15 is 0 Å². The molecule has 0 aromatic carbocycles. The van der Waals surface area contributed by atoms with Crippen molar-refractivity contribution in [2.45, 2.75) is 45.6 Å². The van der Waals surface area contributed by atoms with Gasteiger partial charge in [0.25, 0.3) is 0 Å². The van der Waals surface area contributed by atoms with E-state index in [0.29, 0.717) is 12.8 Å². The molecular weight excluding hydrogens is 248 g/mol. The summed E-state index contributed by atoms with van der Waals surface area (Å²) >= 11 is 0. The standard InChI is InChI=1S/C13H20N2O4/c1-9-10(8-19-14-9)5-6-11(16)15(4)13(2,3)7-12(17)18/h8H,5-7H2,1-4H3,(H,17,18). The zero-order valence-electron chi connectivity index (χ0n) is 11.8. The van der Waals surface area contributed by atoms with Gasteiger partial charge in [-0.15, -0.1) is 0 Å². The molecule has 0 saturated heterocycles. The molecule has 0 unspecified atom stereocenters. The highest BCUT2D eigenvalue weighted by molar-refractivity contribution is 5.78. The quantitative estimate of drug-likeness (QED) is 0.847. The van der Waals surface area contributed by atoms with Gasteiger partial charge in [0.1, 0.15) is 6.26 Å². The maximum absolute atomic E-state index is 12.1. The molecule has 0 aliphatic carbocycles. The van der Waals surface area contributed by atoms with Crippen LogP contribution in [0.5, 0.6) is 0 Å². The van der Waals surface area contributed by atoms with Gasteiger partial charge in [-0.05, 0) is 27.2 Å². The van der Waals surface area contributed by atoms with Gasteiger partial charge in [-0.1, -0.05) is 5.16 Å². The normalized spacial score (nSPS) is 11.4. The molecule has 1 aromatic rings. The summed E-state index contributed by atoms with van der Waals surface area (Å²) < 4.78 is 4.81. The molecule has 1 rings (SSSR count). The first-order chi connectivity index (χ1) is 8.74. The third-order valence-electron chi connectivity index (χ3n) is 3.32. The van der Waals surface area contributed by atoms with Crippen molar-refractivity contribution in [1.82, 2.24) is 10.1 Å². The van der Waals surface area contributed by atoms with Crippen LogP contribution in [0.4, 0.5) is 0 Å². The highest BCUT2D eigenvalue weighted by atomic mass is 16.5. The van der Waals surface area contributed by atoms with Gasteiger partial charge in [0.2, 0.25) is 5.91 Å². The average molecular weight is 268 g/mol. The van der Waals surface area contributed by atoms with Crippen LogP contribution in [0.25, 0.3) is 0 Å². The van der Waals surface area contributed by atoms with Crippen LogP contribution in [0.2, 0.25) is 0 Å². The smallest absolute Gasteiger partial charge is 0.305 e. The largest absolute Gasteiger partial charge is 0.481 e. The fourth-order valence-electron chi connectivity index (χ4n) is 1.79. The Bertz CT molecular complexity index is 465. The molecule has 1 aromatic heterocycles. The Morgan fingerprint density at radius 1 is 1.47 bits per heavy atom. The van der Waals surface area contributed by atoms with Crippen molar-refractivity contribution in [1.29, 1.82) is 0 Å². The summed E-state index contributed by atoms with van der Waals surface area (Å²) in [5.74, 6) is -1.01. The van der Waals surface area contributed by atoms with Gasteiger partial charge in [-0.25, -0.2) is 0 Å². The van der Waals surface area contributed by atoms with E-state index in [1.54, 1.807) is 20.9 Å². The summed E-state index contributed by atoms with van der Waals surface area (Å²) in [6, 6.07) is 0. The van der Waals surface area contributed by atoms with Crippen LogP contribution < -0.4 is 0 Å². The first-order valence-electron chi connectivity index (χ1n) is 6.12. The van der Waals surface area contributed by atoms with Crippen molar-refractivity contribution in [3.63, 3.8) is 0 Å². The van der Waals surface area contributed by atoms with E-state index < -0.39 is 11.5 Å². The summed E-state index contributed by atoms with van der Waals surface area (Å²) in [6.07, 6.45) is 2.30. The molecule has 19 heavy (non-hydrogen) atoms. The van der Waals surface area contributed by atoms with E-state index in [0.717, 1.165) is 11.3 Å². The Balaban J connectivity index is 2.58. The van der Waals surface area contributed by atoms with Crippen LogP contribution >= 0.6 is 0 Å². The number of carboxylic acids is 1. The fourth-order valence-corrected chi connectivity index (χ4v) is 1.79. The lowest BCUT2D eigenvalue weighted by atomic mass is 9.98. The molecule has 0 bridgehead atoms. The van der Waals surface area contributed by atoms with Crippen LogP contribution in [0, 0.1) is 6.92 Å². The van der Waals surface area contributed by atoms with Crippen LogP contribution in [0.15, 0.2) is 10.8 Å². The van der Waals surface area contributed by atoms with E-state index in [-0.39, 0.29) is 12.3 Å². The van der Waals surface area contributed by atoms with Gasteiger partial charge in [0.05, 0.1) is 12.1 Å². The molecular formula is C13H20N2O4. The van der Waals surface area contributed by atoms with Crippen LogP contribution in [-0.4, -0.2) is 39.6 Å². The number of aromatic nitrogens is 1. The number of hydrogen-bond acceptors (Lipinski definition) is 4. The minimum absolute atomic E-state index is 0.0818. The molecule has 0 radical (unpaired) electrons. The van der Waals surface area contributed by atoms with Crippen molar-refractivity contribution in [3.8, 4) is 0 Å². The molecule has 0 atom stereocenters. The lowest BCUT2D eigenvalue weighted by molar-refractivity contribution is -0.143. The van der Waals surface area contributed by atoms with Crippen LogP contribution in [-0.2, 0) is 16.0 Å². The number of carbonyl (C=O) groups excluding carboxylic acids is 1. The van der Waals surface area contributed by atoms with Crippen molar-refractivity contribution in [2.24, 2.45) is 0 Å². The zero-order valence-corrected chi connectivity index (χ0v) is 11.8. The first kappa shape index (κ1) is 15.2. The third kappa shape index (κ3) is 4.08. The summed E-state index contributed by atoms with van der Waals surface area (Å²) in [6.45, 7) is 5.30. The summed E-state index contributed by atoms with van der Waals surface area (Å²) in [7, 11) is 1.63. The average Bonchev–Trinajstić information content (AvgIpc) is 2.69. The van der Waals surface area contributed by atoms with Crippen molar-refractivity contribution in [2.75, 3.05) is 7.05 Å².